The van der Waals surface area contributed by atoms with Gasteiger partial charge < -0.3 is 9.64 Å². The highest BCUT2D eigenvalue weighted by Gasteiger charge is 2.21. The molecule has 0 aromatic heterocycles. The number of carbonyl (C=O) groups excluding carboxylic acids is 1. The van der Waals surface area contributed by atoms with E-state index in [0.717, 1.165) is 44.3 Å². The zero-order valence-electron chi connectivity index (χ0n) is 9.38. The normalized spacial score (nSPS) is 20.5. The molecule has 0 aliphatic carbocycles. The van der Waals surface area contributed by atoms with E-state index in [4.69, 9.17) is 4.74 Å². The number of alkyl halides is 1. The van der Waals surface area contributed by atoms with Crippen LogP contribution in [0.1, 0.15) is 32.6 Å². The van der Waals surface area contributed by atoms with Crippen LogP contribution in [0.3, 0.4) is 0 Å². The molecule has 1 aliphatic rings. The predicted octanol–water partition coefficient (Wildman–Crippen LogP) is 2.19. The molecule has 1 aliphatic heterocycles. The van der Waals surface area contributed by atoms with E-state index in [2.05, 4.69) is 15.9 Å². The van der Waals surface area contributed by atoms with E-state index in [1.54, 1.807) is 0 Å². The first-order valence-corrected chi connectivity index (χ1v) is 6.85. The van der Waals surface area contributed by atoms with E-state index in [-0.39, 0.29) is 12.0 Å². The molecule has 3 nitrogen and oxygen atoms in total. The van der Waals surface area contributed by atoms with Crippen molar-refractivity contribution in [2.45, 2.75) is 38.7 Å². The summed E-state index contributed by atoms with van der Waals surface area (Å²) in [6.45, 7) is 4.51. The van der Waals surface area contributed by atoms with Gasteiger partial charge >= 0.3 is 0 Å². The average molecular weight is 278 g/mol. The molecule has 0 N–H and O–H groups in total. The lowest BCUT2D eigenvalue weighted by Crippen LogP contribution is -2.34. The van der Waals surface area contributed by atoms with Gasteiger partial charge in [0, 0.05) is 25.0 Å². The number of nitrogens with zero attached hydrogens (tertiary/aromatic N) is 1. The van der Waals surface area contributed by atoms with Crippen molar-refractivity contribution in [1.82, 2.24) is 4.90 Å². The van der Waals surface area contributed by atoms with Crippen LogP contribution in [0, 0.1) is 0 Å². The minimum absolute atomic E-state index is 0.176. The Labute approximate surface area is 100 Å². The SMILES string of the molecule is CCN(CCCBr)C(=O)CC1CCCO1. The van der Waals surface area contributed by atoms with Gasteiger partial charge in [-0.2, -0.15) is 0 Å². The minimum Gasteiger partial charge on any atom is -0.378 e. The van der Waals surface area contributed by atoms with E-state index in [1.165, 1.54) is 0 Å². The fraction of sp³-hybridized carbons (Fsp3) is 0.909. The number of ether oxygens (including phenoxy) is 1. The molecule has 1 heterocycles. The first kappa shape index (κ1) is 13.0. The lowest BCUT2D eigenvalue weighted by molar-refractivity contribution is -0.133. The van der Waals surface area contributed by atoms with Crippen molar-refractivity contribution in [1.29, 1.82) is 0 Å². The summed E-state index contributed by atoms with van der Waals surface area (Å²) in [6, 6.07) is 0. The molecular weight excluding hydrogens is 258 g/mol. The fourth-order valence-corrected chi connectivity index (χ4v) is 2.09. The average Bonchev–Trinajstić information content (AvgIpc) is 2.71. The predicted molar refractivity (Wildman–Crippen MR) is 64.3 cm³/mol. The number of carbonyl (C=O) groups is 1. The molecule has 15 heavy (non-hydrogen) atoms. The first-order valence-electron chi connectivity index (χ1n) is 5.73. The highest BCUT2D eigenvalue weighted by Crippen LogP contribution is 2.16. The number of halogens is 1. The molecule has 0 aromatic rings. The Bertz CT molecular complexity index is 193. The van der Waals surface area contributed by atoms with Gasteiger partial charge in [-0.05, 0) is 26.2 Å². The molecule has 0 aromatic carbocycles. The van der Waals surface area contributed by atoms with Crippen LogP contribution in [-0.4, -0.2) is 41.9 Å². The summed E-state index contributed by atoms with van der Waals surface area (Å²) < 4.78 is 5.47. The lowest BCUT2D eigenvalue weighted by atomic mass is 10.1. The van der Waals surface area contributed by atoms with Crippen LogP contribution < -0.4 is 0 Å². The van der Waals surface area contributed by atoms with Crippen molar-refractivity contribution in [3.05, 3.63) is 0 Å². The maximum Gasteiger partial charge on any atom is 0.225 e. The Morgan fingerprint density at radius 2 is 2.40 bits per heavy atom. The van der Waals surface area contributed by atoms with Gasteiger partial charge in [0.25, 0.3) is 0 Å². The monoisotopic (exact) mass is 277 g/mol. The first-order chi connectivity index (χ1) is 7.27. The largest absolute Gasteiger partial charge is 0.378 e. The third-order valence-corrected chi connectivity index (χ3v) is 3.28. The molecule has 0 bridgehead atoms. The summed E-state index contributed by atoms with van der Waals surface area (Å²) in [5.41, 5.74) is 0. The van der Waals surface area contributed by atoms with E-state index in [1.807, 2.05) is 11.8 Å². The van der Waals surface area contributed by atoms with Crippen molar-refractivity contribution in [3.8, 4) is 0 Å². The Morgan fingerprint density at radius 3 is 2.93 bits per heavy atom. The van der Waals surface area contributed by atoms with Gasteiger partial charge in [0.05, 0.1) is 12.5 Å². The van der Waals surface area contributed by atoms with Crippen LogP contribution in [0.2, 0.25) is 0 Å². The van der Waals surface area contributed by atoms with Crippen LogP contribution in [0.5, 0.6) is 0 Å². The number of rotatable bonds is 6. The summed E-state index contributed by atoms with van der Waals surface area (Å²) in [6.07, 6.45) is 3.91. The molecule has 88 valence electrons. The van der Waals surface area contributed by atoms with Crippen molar-refractivity contribution >= 4 is 21.8 Å². The molecule has 1 fully saturated rings. The molecule has 1 amide bonds. The van der Waals surface area contributed by atoms with Gasteiger partial charge in [-0.25, -0.2) is 0 Å². The highest BCUT2D eigenvalue weighted by atomic mass is 79.9. The number of amides is 1. The Balaban J connectivity index is 2.28. The van der Waals surface area contributed by atoms with E-state index >= 15 is 0 Å². The molecule has 1 unspecified atom stereocenters. The third-order valence-electron chi connectivity index (χ3n) is 2.72. The topological polar surface area (TPSA) is 29.5 Å². The molecule has 1 saturated heterocycles. The molecule has 0 saturated carbocycles. The Kier molecular flexibility index (Phi) is 6.25. The van der Waals surface area contributed by atoms with E-state index < -0.39 is 0 Å². The number of hydrogen-bond donors (Lipinski definition) is 0. The van der Waals surface area contributed by atoms with Crippen LogP contribution in [0.15, 0.2) is 0 Å². The molecular formula is C11H20BrNO2. The van der Waals surface area contributed by atoms with Gasteiger partial charge in [0.15, 0.2) is 0 Å². The van der Waals surface area contributed by atoms with Gasteiger partial charge in [-0.3, -0.25) is 4.79 Å². The van der Waals surface area contributed by atoms with Crippen molar-refractivity contribution < 1.29 is 9.53 Å². The van der Waals surface area contributed by atoms with E-state index in [0.29, 0.717) is 6.42 Å². The summed E-state index contributed by atoms with van der Waals surface area (Å²) in [5.74, 6) is 0.241. The summed E-state index contributed by atoms with van der Waals surface area (Å²) >= 11 is 3.38. The molecule has 0 spiro atoms. The molecule has 4 heteroatoms. The maximum atomic E-state index is 11.9. The zero-order valence-corrected chi connectivity index (χ0v) is 11.0. The maximum absolute atomic E-state index is 11.9. The van der Waals surface area contributed by atoms with Gasteiger partial charge in [0.1, 0.15) is 0 Å². The lowest BCUT2D eigenvalue weighted by Gasteiger charge is -2.22. The van der Waals surface area contributed by atoms with Gasteiger partial charge in [0.2, 0.25) is 5.91 Å². The second-order valence-electron chi connectivity index (χ2n) is 3.86. The van der Waals surface area contributed by atoms with Crippen LogP contribution >= 0.6 is 15.9 Å². The summed E-state index contributed by atoms with van der Waals surface area (Å²) in [4.78, 5) is 13.8. The van der Waals surface area contributed by atoms with Crippen molar-refractivity contribution in [3.63, 3.8) is 0 Å². The van der Waals surface area contributed by atoms with Crippen LogP contribution in [-0.2, 0) is 9.53 Å². The van der Waals surface area contributed by atoms with Crippen LogP contribution in [0.4, 0.5) is 0 Å². The van der Waals surface area contributed by atoms with E-state index in [9.17, 15) is 4.79 Å². The van der Waals surface area contributed by atoms with Crippen molar-refractivity contribution in [2.24, 2.45) is 0 Å². The molecule has 1 rings (SSSR count). The molecule has 0 radical (unpaired) electrons. The van der Waals surface area contributed by atoms with Crippen molar-refractivity contribution in [2.75, 3.05) is 25.0 Å². The number of hydrogen-bond acceptors (Lipinski definition) is 2. The fourth-order valence-electron chi connectivity index (χ4n) is 1.84. The molecule has 1 atom stereocenters. The van der Waals surface area contributed by atoms with Crippen LogP contribution in [0.25, 0.3) is 0 Å². The Hall–Kier alpha value is -0.0900. The second kappa shape index (κ2) is 7.23. The summed E-state index contributed by atoms with van der Waals surface area (Å²) in [5, 5.41) is 0.955. The smallest absolute Gasteiger partial charge is 0.225 e. The summed E-state index contributed by atoms with van der Waals surface area (Å²) in [7, 11) is 0. The third kappa shape index (κ3) is 4.51. The van der Waals surface area contributed by atoms with Gasteiger partial charge in [-0.15, -0.1) is 0 Å². The minimum atomic E-state index is 0.176. The van der Waals surface area contributed by atoms with Gasteiger partial charge in [-0.1, -0.05) is 15.9 Å². The second-order valence-corrected chi connectivity index (χ2v) is 4.65. The highest BCUT2D eigenvalue weighted by molar-refractivity contribution is 9.09. The standard InChI is InChI=1S/C11H20BrNO2/c1-2-13(7-4-6-12)11(14)9-10-5-3-8-15-10/h10H,2-9H2,1H3. The Morgan fingerprint density at radius 1 is 1.60 bits per heavy atom. The zero-order chi connectivity index (χ0) is 11.1. The quantitative estimate of drug-likeness (QED) is 0.697.